The van der Waals surface area contributed by atoms with Gasteiger partial charge in [-0.25, -0.2) is 9.97 Å². The number of hydrogen-bond donors (Lipinski definition) is 1. The van der Waals surface area contributed by atoms with Crippen molar-refractivity contribution < 1.29 is 0 Å². The zero-order valence-electron chi connectivity index (χ0n) is 13.1. The average molecular weight is 364 g/mol. The fraction of sp³-hybridized carbons (Fsp3) is 0.500. The van der Waals surface area contributed by atoms with Crippen LogP contribution in [0.3, 0.4) is 0 Å². The van der Waals surface area contributed by atoms with Crippen LogP contribution in [0.4, 0.5) is 5.82 Å². The lowest BCUT2D eigenvalue weighted by Crippen LogP contribution is -2.49. The summed E-state index contributed by atoms with van der Waals surface area (Å²) in [6.45, 7) is 7.73. The molecule has 22 heavy (non-hydrogen) atoms. The van der Waals surface area contributed by atoms with E-state index < -0.39 is 0 Å². The third-order valence-electron chi connectivity index (χ3n) is 4.32. The predicted octanol–water partition coefficient (Wildman–Crippen LogP) is 2.44. The van der Waals surface area contributed by atoms with Gasteiger partial charge in [0.1, 0.15) is 12.1 Å². The summed E-state index contributed by atoms with van der Waals surface area (Å²) in [6.07, 6.45) is 1.62. The summed E-state index contributed by atoms with van der Waals surface area (Å²) in [5.74, 6) is 0.910. The fourth-order valence-corrected chi connectivity index (χ4v) is 3.17. The smallest absolute Gasteiger partial charge is 0.137 e. The molecule has 1 aromatic carbocycles. The Labute approximate surface area is 139 Å². The summed E-state index contributed by atoms with van der Waals surface area (Å²) < 4.78 is 1.05. The average Bonchev–Trinajstić information content (AvgIpc) is 2.53. The van der Waals surface area contributed by atoms with Crippen molar-refractivity contribution in [2.24, 2.45) is 0 Å². The highest BCUT2D eigenvalue weighted by atomic mass is 79.9. The third-order valence-corrected chi connectivity index (χ3v) is 4.82. The number of piperazine rings is 1. The number of benzene rings is 1. The number of fused-ring (bicyclic) bond motifs is 1. The molecular weight excluding hydrogens is 342 g/mol. The van der Waals surface area contributed by atoms with E-state index in [1.165, 1.54) is 0 Å². The lowest BCUT2D eigenvalue weighted by Gasteiger charge is -2.36. The van der Waals surface area contributed by atoms with Gasteiger partial charge in [-0.2, -0.15) is 0 Å². The van der Waals surface area contributed by atoms with Crippen LogP contribution in [0.1, 0.15) is 6.92 Å². The van der Waals surface area contributed by atoms with Crippen molar-refractivity contribution in [1.82, 2.24) is 19.8 Å². The van der Waals surface area contributed by atoms with Crippen LogP contribution in [0.15, 0.2) is 29.0 Å². The normalized spacial score (nSPS) is 18.5. The summed E-state index contributed by atoms with van der Waals surface area (Å²) in [4.78, 5) is 13.6. The van der Waals surface area contributed by atoms with Gasteiger partial charge in [-0.1, -0.05) is 15.9 Å². The first-order valence-corrected chi connectivity index (χ1v) is 8.49. The number of anilines is 1. The van der Waals surface area contributed by atoms with Crippen LogP contribution < -0.4 is 5.32 Å². The van der Waals surface area contributed by atoms with E-state index in [2.05, 4.69) is 61.1 Å². The van der Waals surface area contributed by atoms with E-state index in [4.69, 9.17) is 0 Å². The minimum atomic E-state index is 0.492. The van der Waals surface area contributed by atoms with Gasteiger partial charge in [-0.3, -0.25) is 4.90 Å². The van der Waals surface area contributed by atoms with Crippen LogP contribution in [0, 0.1) is 0 Å². The lowest BCUT2D eigenvalue weighted by atomic mass is 10.2. The molecule has 2 aromatic rings. The quantitative estimate of drug-likeness (QED) is 0.903. The largest absolute Gasteiger partial charge is 0.368 e. The Kier molecular flexibility index (Phi) is 4.90. The summed E-state index contributed by atoms with van der Waals surface area (Å²) in [5.41, 5.74) is 0.966. The van der Waals surface area contributed by atoms with Crippen molar-refractivity contribution in [2.45, 2.75) is 13.0 Å². The Balaban J connectivity index is 1.67. The van der Waals surface area contributed by atoms with Gasteiger partial charge in [0.15, 0.2) is 0 Å². The van der Waals surface area contributed by atoms with Gasteiger partial charge < -0.3 is 10.2 Å². The van der Waals surface area contributed by atoms with Crippen LogP contribution in [0.2, 0.25) is 0 Å². The molecule has 1 aromatic heterocycles. The SMILES string of the molecule is CC(CNc1ncnc2ccc(Br)cc12)N1CCN(C)CC1. The van der Waals surface area contributed by atoms with E-state index in [1.807, 2.05) is 12.1 Å². The van der Waals surface area contributed by atoms with Crippen molar-refractivity contribution in [3.8, 4) is 0 Å². The van der Waals surface area contributed by atoms with E-state index in [0.29, 0.717) is 6.04 Å². The minimum absolute atomic E-state index is 0.492. The van der Waals surface area contributed by atoms with Crippen LogP contribution in [0.5, 0.6) is 0 Å². The first-order chi connectivity index (χ1) is 10.6. The van der Waals surface area contributed by atoms with E-state index in [0.717, 1.165) is 53.9 Å². The van der Waals surface area contributed by atoms with Crippen LogP contribution in [0.25, 0.3) is 10.9 Å². The summed E-state index contributed by atoms with van der Waals surface area (Å²) in [7, 11) is 2.19. The molecule has 1 aliphatic heterocycles. The van der Waals surface area contributed by atoms with Crippen molar-refractivity contribution >= 4 is 32.7 Å². The van der Waals surface area contributed by atoms with Crippen LogP contribution in [-0.2, 0) is 0 Å². The van der Waals surface area contributed by atoms with E-state index in [9.17, 15) is 0 Å². The Bertz CT molecular complexity index is 639. The molecule has 1 fully saturated rings. The number of likely N-dealkylation sites (N-methyl/N-ethyl adjacent to an activating group) is 1. The van der Waals surface area contributed by atoms with Crippen LogP contribution in [-0.4, -0.2) is 65.6 Å². The van der Waals surface area contributed by atoms with Gasteiger partial charge in [0.2, 0.25) is 0 Å². The zero-order valence-corrected chi connectivity index (χ0v) is 14.7. The molecule has 0 bridgehead atoms. The second-order valence-corrected chi connectivity index (χ2v) is 6.87. The van der Waals surface area contributed by atoms with E-state index in [1.54, 1.807) is 6.33 Å². The molecular formula is C16H22BrN5. The highest BCUT2D eigenvalue weighted by Crippen LogP contribution is 2.23. The van der Waals surface area contributed by atoms with Crippen molar-refractivity contribution in [3.63, 3.8) is 0 Å². The maximum absolute atomic E-state index is 4.41. The molecule has 1 aliphatic rings. The molecule has 5 nitrogen and oxygen atoms in total. The summed E-state index contributed by atoms with van der Waals surface area (Å²) >= 11 is 3.52. The highest BCUT2D eigenvalue weighted by molar-refractivity contribution is 9.10. The van der Waals surface area contributed by atoms with Gasteiger partial charge in [0.25, 0.3) is 0 Å². The van der Waals surface area contributed by atoms with Gasteiger partial charge in [0, 0.05) is 48.6 Å². The number of rotatable bonds is 4. The predicted molar refractivity (Wildman–Crippen MR) is 94.3 cm³/mol. The standard InChI is InChI=1S/C16H22BrN5/c1-12(22-7-5-21(2)6-8-22)10-18-16-14-9-13(17)3-4-15(14)19-11-20-16/h3-4,9,11-12H,5-8,10H2,1-2H3,(H,18,19,20). The Morgan fingerprint density at radius 1 is 1.23 bits per heavy atom. The lowest BCUT2D eigenvalue weighted by molar-refractivity contribution is 0.123. The zero-order chi connectivity index (χ0) is 15.5. The number of halogens is 1. The molecule has 0 spiro atoms. The number of nitrogens with zero attached hydrogens (tertiary/aromatic N) is 4. The van der Waals surface area contributed by atoms with Gasteiger partial charge >= 0.3 is 0 Å². The maximum Gasteiger partial charge on any atom is 0.137 e. The molecule has 1 N–H and O–H groups in total. The van der Waals surface area contributed by atoms with E-state index >= 15 is 0 Å². The second-order valence-electron chi connectivity index (χ2n) is 5.95. The Hall–Kier alpha value is -1.24. The molecule has 2 heterocycles. The molecule has 1 atom stereocenters. The minimum Gasteiger partial charge on any atom is -0.368 e. The monoisotopic (exact) mass is 363 g/mol. The molecule has 1 saturated heterocycles. The molecule has 6 heteroatoms. The number of hydrogen-bond acceptors (Lipinski definition) is 5. The summed E-state index contributed by atoms with van der Waals surface area (Å²) in [6, 6.07) is 6.58. The highest BCUT2D eigenvalue weighted by Gasteiger charge is 2.19. The van der Waals surface area contributed by atoms with E-state index in [-0.39, 0.29) is 0 Å². The van der Waals surface area contributed by atoms with Crippen molar-refractivity contribution in [2.75, 3.05) is 45.1 Å². The van der Waals surface area contributed by atoms with Crippen molar-refractivity contribution in [3.05, 3.63) is 29.0 Å². The molecule has 0 amide bonds. The maximum atomic E-state index is 4.41. The van der Waals surface area contributed by atoms with Gasteiger partial charge in [-0.05, 0) is 32.2 Å². The summed E-state index contributed by atoms with van der Waals surface area (Å²) in [5, 5.41) is 4.55. The Morgan fingerprint density at radius 3 is 2.77 bits per heavy atom. The van der Waals surface area contributed by atoms with Gasteiger partial charge in [0.05, 0.1) is 5.52 Å². The van der Waals surface area contributed by atoms with Gasteiger partial charge in [-0.15, -0.1) is 0 Å². The second kappa shape index (κ2) is 6.89. The molecule has 118 valence electrons. The first kappa shape index (κ1) is 15.6. The topological polar surface area (TPSA) is 44.3 Å². The molecule has 1 unspecified atom stereocenters. The molecule has 0 saturated carbocycles. The number of aromatic nitrogens is 2. The molecule has 0 aliphatic carbocycles. The molecule has 0 radical (unpaired) electrons. The van der Waals surface area contributed by atoms with Crippen LogP contribution >= 0.6 is 15.9 Å². The number of nitrogens with one attached hydrogen (secondary N) is 1. The molecule has 3 rings (SSSR count). The third kappa shape index (κ3) is 3.56. The fourth-order valence-electron chi connectivity index (χ4n) is 2.81. The Morgan fingerprint density at radius 2 is 2.00 bits per heavy atom. The first-order valence-electron chi connectivity index (χ1n) is 7.70. The van der Waals surface area contributed by atoms with Crippen molar-refractivity contribution in [1.29, 1.82) is 0 Å².